The van der Waals surface area contributed by atoms with Crippen molar-refractivity contribution in [1.82, 2.24) is 4.98 Å². The van der Waals surface area contributed by atoms with Gasteiger partial charge in [0.05, 0.1) is 4.92 Å². The highest BCUT2D eigenvalue weighted by Crippen LogP contribution is 2.34. The number of hydrogen-bond donors (Lipinski definition) is 0. The maximum Gasteiger partial charge on any atom is 0.291 e. The van der Waals surface area contributed by atoms with Gasteiger partial charge in [-0.1, -0.05) is 13.8 Å². The van der Waals surface area contributed by atoms with Crippen LogP contribution in [0.25, 0.3) is 0 Å². The quantitative estimate of drug-likeness (QED) is 0.462. The summed E-state index contributed by atoms with van der Waals surface area (Å²) in [6.45, 7) is 5.81. The summed E-state index contributed by atoms with van der Waals surface area (Å²) in [6.07, 6.45) is 1.57. The summed E-state index contributed by atoms with van der Waals surface area (Å²) >= 11 is 6.09. The fourth-order valence-corrected chi connectivity index (χ4v) is 2.29. The molecule has 16 heavy (non-hydrogen) atoms. The third-order valence-electron chi connectivity index (χ3n) is 2.54. The van der Waals surface area contributed by atoms with Crippen LogP contribution in [-0.4, -0.2) is 15.3 Å². The lowest BCUT2D eigenvalue weighted by molar-refractivity contribution is -0.386. The fourth-order valence-electron chi connectivity index (χ4n) is 1.88. The topological polar surface area (TPSA) is 56.0 Å². The molecule has 0 bridgehead atoms. The molecule has 0 saturated heterocycles. The average Bonchev–Trinajstić information content (AvgIpc) is 2.17. The van der Waals surface area contributed by atoms with Crippen LogP contribution in [0.3, 0.4) is 0 Å². The van der Waals surface area contributed by atoms with Crippen molar-refractivity contribution in [2.24, 2.45) is 5.92 Å². The Morgan fingerprint density at radius 3 is 2.50 bits per heavy atom. The van der Waals surface area contributed by atoms with Crippen molar-refractivity contribution in [3.63, 3.8) is 0 Å². The Hall–Kier alpha value is -1.16. The van der Waals surface area contributed by atoms with Gasteiger partial charge in [-0.15, -0.1) is 11.6 Å². The van der Waals surface area contributed by atoms with Gasteiger partial charge in [0.25, 0.3) is 5.69 Å². The molecule has 0 fully saturated rings. The first kappa shape index (κ1) is 12.9. The lowest BCUT2D eigenvalue weighted by Gasteiger charge is -2.22. The first-order chi connectivity index (χ1) is 7.45. The van der Waals surface area contributed by atoms with Gasteiger partial charge < -0.3 is 0 Å². The van der Waals surface area contributed by atoms with Crippen LogP contribution in [0.1, 0.15) is 32.4 Å². The van der Waals surface area contributed by atoms with Crippen molar-refractivity contribution >= 4 is 17.3 Å². The summed E-state index contributed by atoms with van der Waals surface area (Å²) in [5.74, 6) is 0.101. The predicted octanol–water partition coefficient (Wildman–Crippen LogP) is 3.36. The maximum absolute atomic E-state index is 10.9. The molecule has 0 aliphatic carbocycles. The third kappa shape index (κ3) is 2.70. The highest BCUT2D eigenvalue weighted by atomic mass is 35.5. The second kappa shape index (κ2) is 5.25. The molecule has 4 nitrogen and oxygen atoms in total. The van der Waals surface area contributed by atoms with E-state index in [2.05, 4.69) is 4.98 Å². The highest BCUT2D eigenvalue weighted by Gasteiger charge is 2.29. The molecule has 1 rings (SSSR count). The zero-order chi connectivity index (χ0) is 12.3. The molecule has 5 heteroatoms. The Labute approximate surface area is 99.8 Å². The highest BCUT2D eigenvalue weighted by molar-refractivity contribution is 6.20. The smallest absolute Gasteiger partial charge is 0.258 e. The molecule has 0 aliphatic rings. The van der Waals surface area contributed by atoms with E-state index in [1.165, 1.54) is 6.07 Å². The zero-order valence-electron chi connectivity index (χ0n) is 9.55. The van der Waals surface area contributed by atoms with E-state index in [1.54, 1.807) is 12.3 Å². The summed E-state index contributed by atoms with van der Waals surface area (Å²) in [5.41, 5.74) is 0.527. The minimum atomic E-state index is -0.406. The van der Waals surface area contributed by atoms with Crippen molar-refractivity contribution in [1.29, 1.82) is 0 Å². The van der Waals surface area contributed by atoms with Crippen LogP contribution in [0.2, 0.25) is 0 Å². The van der Waals surface area contributed by atoms with Crippen molar-refractivity contribution in [2.75, 3.05) is 0 Å². The lowest BCUT2D eigenvalue weighted by atomic mass is 9.88. The first-order valence-electron chi connectivity index (χ1n) is 5.18. The summed E-state index contributed by atoms with van der Waals surface area (Å²) in [6, 6.07) is 3.04. The van der Waals surface area contributed by atoms with Crippen molar-refractivity contribution in [2.45, 2.75) is 32.1 Å². The van der Waals surface area contributed by atoms with Gasteiger partial charge in [-0.2, -0.15) is 0 Å². The largest absolute Gasteiger partial charge is 0.291 e. The number of aromatic nitrogens is 1. The van der Waals surface area contributed by atoms with Crippen molar-refractivity contribution in [3.05, 3.63) is 34.1 Å². The molecule has 88 valence electrons. The van der Waals surface area contributed by atoms with Gasteiger partial charge in [0.1, 0.15) is 5.69 Å². The van der Waals surface area contributed by atoms with E-state index < -0.39 is 4.92 Å². The third-order valence-corrected chi connectivity index (χ3v) is 2.81. The molecule has 0 spiro atoms. The molecule has 0 amide bonds. The maximum atomic E-state index is 10.9. The lowest BCUT2D eigenvalue weighted by Crippen LogP contribution is -2.18. The second-order valence-corrected chi connectivity index (χ2v) is 4.80. The van der Waals surface area contributed by atoms with E-state index in [1.807, 2.05) is 20.8 Å². The van der Waals surface area contributed by atoms with Gasteiger partial charge in [-0.05, 0) is 18.9 Å². The Balaban J connectivity index is 3.23. The van der Waals surface area contributed by atoms with E-state index in [9.17, 15) is 10.1 Å². The molecule has 0 radical (unpaired) electrons. The van der Waals surface area contributed by atoms with E-state index in [0.29, 0.717) is 5.69 Å². The van der Waals surface area contributed by atoms with Gasteiger partial charge in [-0.25, -0.2) is 0 Å². The van der Waals surface area contributed by atoms with Gasteiger partial charge in [0, 0.05) is 23.6 Å². The Morgan fingerprint density at radius 1 is 1.44 bits per heavy atom. The Morgan fingerprint density at radius 2 is 2.06 bits per heavy atom. The van der Waals surface area contributed by atoms with E-state index in [-0.39, 0.29) is 22.9 Å². The number of pyridine rings is 1. The SMILES string of the molecule is CC(C)C(c1ncccc1[N+](=O)[O-])C(C)Cl. The molecule has 0 aromatic carbocycles. The molecule has 0 N–H and O–H groups in total. The normalized spacial score (nSPS) is 14.8. The monoisotopic (exact) mass is 242 g/mol. The molecule has 1 heterocycles. The molecular weight excluding hydrogens is 228 g/mol. The van der Waals surface area contributed by atoms with Crippen LogP contribution < -0.4 is 0 Å². The summed E-state index contributed by atoms with van der Waals surface area (Å²) in [4.78, 5) is 14.6. The number of hydrogen-bond acceptors (Lipinski definition) is 3. The number of alkyl halides is 1. The zero-order valence-corrected chi connectivity index (χ0v) is 10.3. The van der Waals surface area contributed by atoms with Crippen molar-refractivity contribution < 1.29 is 4.92 Å². The first-order valence-corrected chi connectivity index (χ1v) is 5.62. The van der Waals surface area contributed by atoms with Gasteiger partial charge in [0.2, 0.25) is 0 Å². The molecule has 0 aliphatic heterocycles. The standard InChI is InChI=1S/C11H15ClN2O2/c1-7(2)10(8(3)12)11-9(14(15)16)5-4-6-13-11/h4-8,10H,1-3H3. The fraction of sp³-hybridized carbons (Fsp3) is 0.545. The van der Waals surface area contributed by atoms with Crippen LogP contribution in [0, 0.1) is 16.0 Å². The Kier molecular flexibility index (Phi) is 4.24. The molecule has 1 aromatic heterocycles. The molecule has 1 aromatic rings. The average molecular weight is 243 g/mol. The van der Waals surface area contributed by atoms with Gasteiger partial charge >= 0.3 is 0 Å². The minimum Gasteiger partial charge on any atom is -0.258 e. The van der Waals surface area contributed by atoms with Crippen LogP contribution in [0.15, 0.2) is 18.3 Å². The summed E-state index contributed by atoms with van der Waals surface area (Å²) in [7, 11) is 0. The molecule has 2 unspecified atom stereocenters. The van der Waals surface area contributed by atoms with Crippen LogP contribution in [0.5, 0.6) is 0 Å². The summed E-state index contributed by atoms with van der Waals surface area (Å²) < 4.78 is 0. The minimum absolute atomic E-state index is 0.0497. The molecule has 2 atom stereocenters. The molecule has 0 saturated carbocycles. The predicted molar refractivity (Wildman–Crippen MR) is 63.8 cm³/mol. The van der Waals surface area contributed by atoms with Crippen LogP contribution in [0.4, 0.5) is 5.69 Å². The van der Waals surface area contributed by atoms with Gasteiger partial charge in [0.15, 0.2) is 0 Å². The molecular formula is C11H15ClN2O2. The van der Waals surface area contributed by atoms with E-state index >= 15 is 0 Å². The van der Waals surface area contributed by atoms with Crippen molar-refractivity contribution in [3.8, 4) is 0 Å². The Bertz CT molecular complexity index is 372. The second-order valence-electron chi connectivity index (χ2n) is 4.11. The number of halogens is 1. The van der Waals surface area contributed by atoms with Crippen LogP contribution >= 0.6 is 11.6 Å². The summed E-state index contributed by atoms with van der Waals surface area (Å²) in [5, 5.41) is 10.7. The number of nitro groups is 1. The van der Waals surface area contributed by atoms with E-state index in [4.69, 9.17) is 11.6 Å². The van der Waals surface area contributed by atoms with Crippen LogP contribution in [-0.2, 0) is 0 Å². The van der Waals surface area contributed by atoms with E-state index in [0.717, 1.165) is 0 Å². The van der Waals surface area contributed by atoms with Gasteiger partial charge in [-0.3, -0.25) is 15.1 Å². The number of nitrogens with zero attached hydrogens (tertiary/aromatic N) is 2. The number of rotatable bonds is 4.